The van der Waals surface area contributed by atoms with Crippen LogP contribution in [0.25, 0.3) is 0 Å². The van der Waals surface area contributed by atoms with Gasteiger partial charge in [-0.1, -0.05) is 42.5 Å². The second-order valence-corrected chi connectivity index (χ2v) is 8.33. The zero-order valence-electron chi connectivity index (χ0n) is 17.5. The summed E-state index contributed by atoms with van der Waals surface area (Å²) < 4.78 is 0.796. The first-order valence-electron chi connectivity index (χ1n) is 10.4. The van der Waals surface area contributed by atoms with Gasteiger partial charge in [-0.3, -0.25) is 19.3 Å². The molecular formula is C23H27BrN4O3. The van der Waals surface area contributed by atoms with E-state index < -0.39 is 11.8 Å². The molecule has 1 aliphatic heterocycles. The monoisotopic (exact) mass is 486 g/mol. The molecule has 1 saturated heterocycles. The Balaban J connectivity index is 1.37. The third kappa shape index (κ3) is 6.38. The van der Waals surface area contributed by atoms with E-state index in [1.807, 2.05) is 66.4 Å². The Morgan fingerprint density at radius 1 is 0.935 bits per heavy atom. The van der Waals surface area contributed by atoms with E-state index in [1.54, 1.807) is 0 Å². The highest BCUT2D eigenvalue weighted by molar-refractivity contribution is 9.10. The van der Waals surface area contributed by atoms with Crippen LogP contribution in [0.2, 0.25) is 0 Å². The largest absolute Gasteiger partial charge is 0.347 e. The molecule has 0 saturated carbocycles. The predicted octanol–water partition coefficient (Wildman–Crippen LogP) is 2.20. The molecule has 0 bridgehead atoms. The van der Waals surface area contributed by atoms with Gasteiger partial charge in [0.15, 0.2) is 0 Å². The molecule has 2 N–H and O–H groups in total. The Bertz CT molecular complexity index is 914. The van der Waals surface area contributed by atoms with E-state index in [0.29, 0.717) is 31.7 Å². The lowest BCUT2D eigenvalue weighted by Gasteiger charge is -2.34. The van der Waals surface area contributed by atoms with Crippen LogP contribution in [0.1, 0.15) is 28.9 Å². The molecular weight excluding hydrogens is 460 g/mol. The van der Waals surface area contributed by atoms with E-state index in [4.69, 9.17) is 0 Å². The van der Waals surface area contributed by atoms with Crippen molar-refractivity contribution in [2.75, 3.05) is 39.3 Å². The van der Waals surface area contributed by atoms with Crippen molar-refractivity contribution in [3.05, 3.63) is 70.2 Å². The number of nitrogens with one attached hydrogen (secondary N) is 2. The molecule has 0 aliphatic carbocycles. The lowest BCUT2D eigenvalue weighted by atomic mass is 10.1. The summed E-state index contributed by atoms with van der Waals surface area (Å²) in [5, 5.41) is 5.38. The second kappa shape index (κ2) is 11.1. The molecule has 3 amide bonds. The molecule has 1 fully saturated rings. The molecule has 0 spiro atoms. The number of nitrogens with zero attached hydrogens (tertiary/aromatic N) is 2. The summed E-state index contributed by atoms with van der Waals surface area (Å²) in [7, 11) is 0. The number of carbonyl (C=O) groups excluding carboxylic acids is 3. The van der Waals surface area contributed by atoms with E-state index in [1.165, 1.54) is 0 Å². The van der Waals surface area contributed by atoms with Crippen molar-refractivity contribution >= 4 is 33.7 Å². The van der Waals surface area contributed by atoms with Gasteiger partial charge in [0.05, 0.1) is 11.6 Å². The fourth-order valence-corrected chi connectivity index (χ4v) is 3.93. The summed E-state index contributed by atoms with van der Waals surface area (Å²) in [6.45, 7) is 5.56. The molecule has 8 heteroatoms. The number of hydrogen-bond donors (Lipinski definition) is 2. The van der Waals surface area contributed by atoms with Crippen molar-refractivity contribution < 1.29 is 14.4 Å². The molecule has 31 heavy (non-hydrogen) atoms. The number of hydrogen-bond acceptors (Lipinski definition) is 4. The van der Waals surface area contributed by atoms with Crippen molar-refractivity contribution in [3.8, 4) is 0 Å². The maximum atomic E-state index is 12.7. The number of piperazine rings is 1. The van der Waals surface area contributed by atoms with E-state index in [2.05, 4.69) is 31.5 Å². The van der Waals surface area contributed by atoms with Crippen LogP contribution in [0.3, 0.4) is 0 Å². The fourth-order valence-electron chi connectivity index (χ4n) is 3.47. The first-order valence-corrected chi connectivity index (χ1v) is 11.1. The highest BCUT2D eigenvalue weighted by Gasteiger charge is 2.23. The summed E-state index contributed by atoms with van der Waals surface area (Å²) in [5.41, 5.74) is 1.61. The number of benzene rings is 2. The maximum absolute atomic E-state index is 12.7. The average molecular weight is 487 g/mol. The molecule has 2 aromatic carbocycles. The smallest absolute Gasteiger partial charge is 0.309 e. The lowest BCUT2D eigenvalue weighted by molar-refractivity contribution is -0.139. The Hall–Kier alpha value is -2.71. The van der Waals surface area contributed by atoms with Crippen LogP contribution in [0.15, 0.2) is 59.1 Å². The molecule has 7 nitrogen and oxygen atoms in total. The molecule has 0 radical (unpaired) electrons. The van der Waals surface area contributed by atoms with Gasteiger partial charge in [-0.2, -0.15) is 0 Å². The van der Waals surface area contributed by atoms with Crippen molar-refractivity contribution in [1.29, 1.82) is 0 Å². The normalized spacial score (nSPS) is 15.2. The van der Waals surface area contributed by atoms with Gasteiger partial charge in [0, 0.05) is 43.7 Å². The van der Waals surface area contributed by atoms with Gasteiger partial charge in [0.2, 0.25) is 0 Å². The zero-order chi connectivity index (χ0) is 22.2. The highest BCUT2D eigenvalue weighted by atomic mass is 79.9. The molecule has 164 valence electrons. The van der Waals surface area contributed by atoms with Gasteiger partial charge in [0.25, 0.3) is 5.91 Å². The highest BCUT2D eigenvalue weighted by Crippen LogP contribution is 2.18. The van der Waals surface area contributed by atoms with Crippen LogP contribution in [0.4, 0.5) is 0 Å². The summed E-state index contributed by atoms with van der Waals surface area (Å²) in [6.07, 6.45) is 0. The Kier molecular flexibility index (Phi) is 8.20. The van der Waals surface area contributed by atoms with Crippen LogP contribution in [-0.2, 0) is 9.59 Å². The Morgan fingerprint density at radius 2 is 1.58 bits per heavy atom. The summed E-state index contributed by atoms with van der Waals surface area (Å²) in [4.78, 5) is 40.9. The molecule has 0 unspecified atom stereocenters. The first kappa shape index (κ1) is 23.0. The topological polar surface area (TPSA) is 81.8 Å². The molecule has 1 atom stereocenters. The minimum absolute atomic E-state index is 0.0182. The van der Waals surface area contributed by atoms with Gasteiger partial charge in [-0.05, 0) is 40.5 Å². The summed E-state index contributed by atoms with van der Waals surface area (Å²) in [6, 6.07) is 16.7. The average Bonchev–Trinajstić information content (AvgIpc) is 2.80. The van der Waals surface area contributed by atoms with Gasteiger partial charge in [-0.15, -0.1) is 0 Å². The van der Waals surface area contributed by atoms with E-state index >= 15 is 0 Å². The van der Waals surface area contributed by atoms with Crippen molar-refractivity contribution in [2.24, 2.45) is 0 Å². The van der Waals surface area contributed by atoms with Crippen LogP contribution in [0.5, 0.6) is 0 Å². The number of carbonyl (C=O) groups is 3. The minimum Gasteiger partial charge on any atom is -0.347 e. The van der Waals surface area contributed by atoms with E-state index in [-0.39, 0.29) is 11.9 Å². The Labute approximate surface area is 190 Å². The van der Waals surface area contributed by atoms with Crippen molar-refractivity contribution in [1.82, 2.24) is 20.4 Å². The minimum atomic E-state index is -0.639. The van der Waals surface area contributed by atoms with Gasteiger partial charge in [-0.25, -0.2) is 0 Å². The Morgan fingerprint density at radius 3 is 2.26 bits per heavy atom. The summed E-state index contributed by atoms with van der Waals surface area (Å²) >= 11 is 3.43. The van der Waals surface area contributed by atoms with Crippen LogP contribution < -0.4 is 10.6 Å². The third-order valence-corrected chi connectivity index (χ3v) is 6.02. The van der Waals surface area contributed by atoms with Crippen molar-refractivity contribution in [2.45, 2.75) is 13.0 Å². The zero-order valence-corrected chi connectivity index (χ0v) is 19.1. The number of rotatable bonds is 6. The van der Waals surface area contributed by atoms with Gasteiger partial charge in [0.1, 0.15) is 0 Å². The predicted molar refractivity (Wildman–Crippen MR) is 122 cm³/mol. The van der Waals surface area contributed by atoms with E-state index in [0.717, 1.165) is 23.1 Å². The standard InChI is InChI=1S/C23H27BrN4O3/c1-17(18-7-3-2-4-8-18)26-22(30)21(29)25-11-12-27-13-15-28(16-14-27)23(31)19-9-5-6-10-20(19)24/h2-10,17H,11-16H2,1H3,(H,25,29)(H,26,30)/t17-/m0/s1. The molecule has 1 aliphatic rings. The maximum Gasteiger partial charge on any atom is 0.309 e. The van der Waals surface area contributed by atoms with Crippen LogP contribution >= 0.6 is 15.9 Å². The molecule has 2 aromatic rings. The quantitative estimate of drug-likeness (QED) is 0.613. The summed E-state index contributed by atoms with van der Waals surface area (Å²) in [5.74, 6) is -1.25. The third-order valence-electron chi connectivity index (χ3n) is 5.33. The molecule has 3 rings (SSSR count). The lowest BCUT2D eigenvalue weighted by Crippen LogP contribution is -2.51. The van der Waals surface area contributed by atoms with Crippen LogP contribution in [-0.4, -0.2) is 66.8 Å². The van der Waals surface area contributed by atoms with E-state index in [9.17, 15) is 14.4 Å². The first-order chi connectivity index (χ1) is 15.0. The van der Waals surface area contributed by atoms with Gasteiger partial charge < -0.3 is 15.5 Å². The molecule has 1 heterocycles. The fraction of sp³-hybridized carbons (Fsp3) is 0.348. The number of amides is 3. The second-order valence-electron chi connectivity index (χ2n) is 7.48. The van der Waals surface area contributed by atoms with Crippen LogP contribution in [0, 0.1) is 0 Å². The van der Waals surface area contributed by atoms with Crippen molar-refractivity contribution in [3.63, 3.8) is 0 Å². The molecule has 0 aromatic heterocycles. The number of halogens is 1. The SMILES string of the molecule is C[C@H](NC(=O)C(=O)NCCN1CCN(C(=O)c2ccccc2Br)CC1)c1ccccc1. The van der Waals surface area contributed by atoms with Gasteiger partial charge >= 0.3 is 11.8 Å².